The molecule has 1 amide bonds. The number of hydrogen-bond acceptors (Lipinski definition) is 6. The number of primary amides is 1. The molecule has 2 aromatic carbocycles. The van der Waals surface area contributed by atoms with Gasteiger partial charge in [-0.05, 0) is 49.6 Å². The van der Waals surface area contributed by atoms with E-state index in [0.717, 1.165) is 5.56 Å². The van der Waals surface area contributed by atoms with Crippen molar-refractivity contribution in [2.45, 2.75) is 36.7 Å². The van der Waals surface area contributed by atoms with Crippen LogP contribution >= 0.6 is 11.6 Å². The number of nitrogens with zero attached hydrogens (tertiary/aromatic N) is 1. The van der Waals surface area contributed by atoms with Crippen molar-refractivity contribution < 1.29 is 23.1 Å². The van der Waals surface area contributed by atoms with E-state index >= 15 is 0 Å². The van der Waals surface area contributed by atoms with E-state index in [1.807, 2.05) is 18.2 Å². The molecular formula is C23H26ClN3O5S. The Morgan fingerprint density at radius 1 is 1.24 bits per heavy atom. The van der Waals surface area contributed by atoms with Crippen molar-refractivity contribution >= 4 is 27.3 Å². The molecule has 0 saturated heterocycles. The highest BCUT2D eigenvalue weighted by atomic mass is 35.5. The summed E-state index contributed by atoms with van der Waals surface area (Å²) in [5.41, 5.74) is 6.32. The van der Waals surface area contributed by atoms with Crippen LogP contribution in [-0.2, 0) is 16.3 Å². The fourth-order valence-electron chi connectivity index (χ4n) is 3.46. The summed E-state index contributed by atoms with van der Waals surface area (Å²) in [7, 11) is -3.54. The van der Waals surface area contributed by atoms with Crippen LogP contribution in [0.4, 0.5) is 0 Å². The lowest BCUT2D eigenvalue weighted by molar-refractivity contribution is 0.0995. The van der Waals surface area contributed by atoms with Crippen LogP contribution in [0.25, 0.3) is 0 Å². The Morgan fingerprint density at radius 2 is 2.00 bits per heavy atom. The summed E-state index contributed by atoms with van der Waals surface area (Å²) in [5.74, 6) is -0.121. The van der Waals surface area contributed by atoms with E-state index in [-0.39, 0.29) is 28.9 Å². The van der Waals surface area contributed by atoms with Gasteiger partial charge in [0, 0.05) is 10.9 Å². The van der Waals surface area contributed by atoms with Crippen LogP contribution < -0.4 is 10.5 Å². The van der Waals surface area contributed by atoms with Crippen molar-refractivity contribution in [2.24, 2.45) is 5.73 Å². The Morgan fingerprint density at radius 3 is 2.67 bits per heavy atom. The van der Waals surface area contributed by atoms with Gasteiger partial charge in [0.1, 0.15) is 23.9 Å². The highest BCUT2D eigenvalue weighted by molar-refractivity contribution is 7.91. The maximum atomic E-state index is 12.5. The van der Waals surface area contributed by atoms with Crippen LogP contribution in [0.3, 0.4) is 0 Å². The smallest absolute Gasteiger partial charge is 0.266 e. The summed E-state index contributed by atoms with van der Waals surface area (Å²) < 4.78 is 30.9. The van der Waals surface area contributed by atoms with E-state index in [4.69, 9.17) is 22.1 Å². The molecule has 0 radical (unpaired) electrons. The molecule has 10 heteroatoms. The molecule has 1 heterocycles. The standard InChI is InChI=1S/C23H26ClN3O5S/c1-15(28)19(23-26-14-20(27-23)22(25)29)10-9-16-5-2-3-8-21(16)32-11-12-33(30,31)18-7-4-6-17(24)13-18/h2-8,13-15,19,28H,9-12H2,1H3,(H2,25,29)(H,26,27)/t15-,19-/m0/s1. The molecule has 0 saturated carbocycles. The Kier molecular flexibility index (Phi) is 8.12. The van der Waals surface area contributed by atoms with Gasteiger partial charge in [-0.1, -0.05) is 35.9 Å². The van der Waals surface area contributed by atoms with Gasteiger partial charge in [0.25, 0.3) is 5.91 Å². The number of nitrogens with one attached hydrogen (secondary N) is 1. The van der Waals surface area contributed by atoms with Crippen molar-refractivity contribution in [1.29, 1.82) is 0 Å². The first-order valence-electron chi connectivity index (χ1n) is 10.4. The van der Waals surface area contributed by atoms with Gasteiger partial charge in [-0.15, -0.1) is 0 Å². The van der Waals surface area contributed by atoms with Gasteiger partial charge in [-0.25, -0.2) is 13.4 Å². The van der Waals surface area contributed by atoms with Crippen molar-refractivity contribution in [3.05, 3.63) is 76.8 Å². The predicted molar refractivity (Wildman–Crippen MR) is 125 cm³/mol. The number of hydrogen-bond donors (Lipinski definition) is 3. The number of carbonyl (C=O) groups excluding carboxylic acids is 1. The largest absolute Gasteiger partial charge is 0.492 e. The van der Waals surface area contributed by atoms with Gasteiger partial charge in [-0.3, -0.25) is 4.79 Å². The average Bonchev–Trinajstić information content (AvgIpc) is 3.25. The normalized spacial score (nSPS) is 13.4. The van der Waals surface area contributed by atoms with Crippen molar-refractivity contribution in [3.63, 3.8) is 0 Å². The molecule has 1 aromatic heterocycles. The minimum Gasteiger partial charge on any atom is -0.492 e. The number of sulfone groups is 1. The Labute approximate surface area is 197 Å². The van der Waals surface area contributed by atoms with Gasteiger partial charge < -0.3 is 20.6 Å². The number of imidazole rings is 1. The number of benzene rings is 2. The second-order valence-corrected chi connectivity index (χ2v) is 10.2. The first-order valence-corrected chi connectivity index (χ1v) is 12.4. The molecule has 4 N–H and O–H groups in total. The molecule has 33 heavy (non-hydrogen) atoms. The zero-order valence-electron chi connectivity index (χ0n) is 18.1. The molecule has 3 rings (SSSR count). The van der Waals surface area contributed by atoms with Gasteiger partial charge in [0.05, 0.1) is 22.9 Å². The number of aliphatic hydroxyl groups is 1. The zero-order valence-corrected chi connectivity index (χ0v) is 19.6. The maximum Gasteiger partial charge on any atom is 0.266 e. The fraction of sp³-hybridized carbons (Fsp3) is 0.304. The molecule has 0 aliphatic carbocycles. The van der Waals surface area contributed by atoms with Gasteiger partial charge in [0.15, 0.2) is 9.84 Å². The summed E-state index contributed by atoms with van der Waals surface area (Å²) in [6.45, 7) is 1.63. The number of halogens is 1. The second kappa shape index (κ2) is 10.8. The summed E-state index contributed by atoms with van der Waals surface area (Å²) in [6, 6.07) is 13.5. The first kappa shape index (κ1) is 24.8. The molecule has 176 valence electrons. The monoisotopic (exact) mass is 491 g/mol. The summed E-state index contributed by atoms with van der Waals surface area (Å²) in [5, 5.41) is 10.6. The molecule has 0 spiro atoms. The number of amides is 1. The highest BCUT2D eigenvalue weighted by Gasteiger charge is 2.22. The lowest BCUT2D eigenvalue weighted by Crippen LogP contribution is -2.18. The van der Waals surface area contributed by atoms with E-state index in [0.29, 0.717) is 29.4 Å². The van der Waals surface area contributed by atoms with Gasteiger partial charge >= 0.3 is 0 Å². The van der Waals surface area contributed by atoms with E-state index in [2.05, 4.69) is 9.97 Å². The van der Waals surface area contributed by atoms with Crippen LogP contribution in [0.15, 0.2) is 59.6 Å². The molecule has 8 nitrogen and oxygen atoms in total. The fourth-order valence-corrected chi connectivity index (χ4v) is 4.84. The summed E-state index contributed by atoms with van der Waals surface area (Å²) in [6.07, 6.45) is 1.70. The van der Waals surface area contributed by atoms with Crippen LogP contribution in [0.1, 0.15) is 41.1 Å². The third-order valence-electron chi connectivity index (χ3n) is 5.26. The van der Waals surface area contributed by atoms with Crippen molar-refractivity contribution in [1.82, 2.24) is 9.97 Å². The summed E-state index contributed by atoms with van der Waals surface area (Å²) >= 11 is 5.90. The first-order chi connectivity index (χ1) is 15.7. The number of aliphatic hydroxyl groups excluding tert-OH is 1. The molecule has 0 aliphatic rings. The minimum absolute atomic E-state index is 0.0220. The molecule has 0 aliphatic heterocycles. The third kappa shape index (κ3) is 6.56. The number of aromatic amines is 1. The maximum absolute atomic E-state index is 12.5. The van der Waals surface area contributed by atoms with Crippen LogP contribution in [0.2, 0.25) is 5.02 Å². The lowest BCUT2D eigenvalue weighted by Gasteiger charge is -2.19. The Hall–Kier alpha value is -2.88. The van der Waals surface area contributed by atoms with Crippen molar-refractivity contribution in [2.75, 3.05) is 12.4 Å². The molecule has 2 atom stereocenters. The SMILES string of the molecule is C[C@H](O)[C@H](CCc1ccccc1OCCS(=O)(=O)c1cccc(Cl)c1)c1ncc(C(N)=O)[nH]1. The Balaban J connectivity index is 1.65. The minimum atomic E-state index is -3.54. The number of aryl methyl sites for hydroxylation is 1. The van der Waals surface area contributed by atoms with E-state index < -0.39 is 21.8 Å². The van der Waals surface area contributed by atoms with Crippen LogP contribution in [0, 0.1) is 0 Å². The van der Waals surface area contributed by atoms with Gasteiger partial charge in [0.2, 0.25) is 0 Å². The van der Waals surface area contributed by atoms with E-state index in [1.54, 1.807) is 25.1 Å². The third-order valence-corrected chi connectivity index (χ3v) is 7.17. The molecule has 0 fully saturated rings. The number of rotatable bonds is 11. The highest BCUT2D eigenvalue weighted by Crippen LogP contribution is 2.27. The van der Waals surface area contributed by atoms with Crippen LogP contribution in [-0.4, -0.2) is 47.9 Å². The van der Waals surface area contributed by atoms with Gasteiger partial charge in [-0.2, -0.15) is 0 Å². The topological polar surface area (TPSA) is 135 Å². The number of aromatic nitrogens is 2. The summed E-state index contributed by atoms with van der Waals surface area (Å²) in [4.78, 5) is 18.5. The quantitative estimate of drug-likeness (QED) is 0.377. The van der Waals surface area contributed by atoms with E-state index in [1.165, 1.54) is 18.3 Å². The zero-order chi connectivity index (χ0) is 24.0. The molecular weight excluding hydrogens is 466 g/mol. The number of H-pyrrole nitrogens is 1. The van der Waals surface area contributed by atoms with Crippen molar-refractivity contribution in [3.8, 4) is 5.75 Å². The predicted octanol–water partition coefficient (Wildman–Crippen LogP) is 3.11. The number of carbonyl (C=O) groups is 1. The number of nitrogens with two attached hydrogens (primary N) is 1. The molecule has 3 aromatic rings. The average molecular weight is 492 g/mol. The second-order valence-electron chi connectivity index (χ2n) is 7.66. The lowest BCUT2D eigenvalue weighted by atomic mass is 9.94. The molecule has 0 unspecified atom stereocenters. The molecule has 0 bridgehead atoms. The number of para-hydroxylation sites is 1. The van der Waals surface area contributed by atoms with Crippen LogP contribution in [0.5, 0.6) is 5.75 Å². The number of ether oxygens (including phenoxy) is 1. The Bertz CT molecular complexity index is 1210. The van der Waals surface area contributed by atoms with E-state index in [9.17, 15) is 18.3 Å².